The molecule has 1 saturated heterocycles. The molecular weight excluding hydrogens is 557 g/mol. The average Bonchev–Trinajstić information content (AvgIpc) is 3.18. The lowest BCUT2D eigenvalue weighted by Gasteiger charge is -2.26. The van der Waals surface area contributed by atoms with E-state index in [1.807, 2.05) is 6.08 Å². The van der Waals surface area contributed by atoms with E-state index in [0.717, 1.165) is 31.8 Å². The minimum absolute atomic E-state index is 0.0194. The second-order valence-corrected chi connectivity index (χ2v) is 10.3. The number of benzene rings is 2. The van der Waals surface area contributed by atoms with Crippen molar-refractivity contribution in [3.8, 4) is 11.5 Å². The van der Waals surface area contributed by atoms with Gasteiger partial charge in [-0.3, -0.25) is 4.79 Å². The second kappa shape index (κ2) is 12.8. The summed E-state index contributed by atoms with van der Waals surface area (Å²) in [5.74, 6) is 1.33. The quantitative estimate of drug-likeness (QED) is 0.304. The lowest BCUT2D eigenvalue weighted by molar-refractivity contribution is -0.365. The fourth-order valence-corrected chi connectivity index (χ4v) is 5.07. The highest BCUT2D eigenvalue weighted by atomic mass is 35.5. The SMILES string of the molecule is O=C(NCCN1CCCCC1)C1=Cc2c(Nc3ccc(Oc4cccc(C(F)(F)F)c4)c(Cl)c3)nc[nH+]c2NCC1. The van der Waals surface area contributed by atoms with Crippen molar-refractivity contribution in [2.45, 2.75) is 31.9 Å². The third-order valence-corrected chi connectivity index (χ3v) is 7.27. The van der Waals surface area contributed by atoms with Crippen LogP contribution in [0.2, 0.25) is 5.02 Å². The Hall–Kier alpha value is -3.83. The van der Waals surface area contributed by atoms with E-state index in [-0.39, 0.29) is 22.4 Å². The number of nitrogens with one attached hydrogen (secondary N) is 4. The number of nitrogens with zero attached hydrogens (tertiary/aromatic N) is 2. The van der Waals surface area contributed by atoms with Crippen molar-refractivity contribution < 1.29 is 27.7 Å². The number of ether oxygens (including phenoxy) is 1. The van der Waals surface area contributed by atoms with E-state index in [2.05, 4.69) is 30.8 Å². The molecule has 41 heavy (non-hydrogen) atoms. The number of piperidine rings is 1. The first kappa shape index (κ1) is 28.7. The molecule has 0 atom stereocenters. The molecule has 2 aliphatic rings. The molecule has 0 radical (unpaired) electrons. The average molecular weight is 588 g/mol. The van der Waals surface area contributed by atoms with Crippen molar-refractivity contribution in [3.05, 3.63) is 70.5 Å². The van der Waals surface area contributed by atoms with Gasteiger partial charge in [-0.25, -0.2) is 4.98 Å². The van der Waals surface area contributed by atoms with Crippen LogP contribution in [-0.4, -0.2) is 48.5 Å². The normalized spacial score (nSPS) is 15.7. The van der Waals surface area contributed by atoms with Gasteiger partial charge in [-0.2, -0.15) is 13.2 Å². The lowest BCUT2D eigenvalue weighted by Crippen LogP contribution is -2.38. The van der Waals surface area contributed by atoms with Gasteiger partial charge in [0, 0.05) is 30.8 Å². The molecule has 5 rings (SSSR count). The number of alkyl halides is 3. The molecule has 2 aromatic carbocycles. The Morgan fingerprint density at radius 3 is 2.76 bits per heavy atom. The Kier molecular flexibility index (Phi) is 8.94. The highest BCUT2D eigenvalue weighted by Gasteiger charge is 2.30. The molecule has 4 N–H and O–H groups in total. The Morgan fingerprint density at radius 1 is 1.15 bits per heavy atom. The predicted molar refractivity (Wildman–Crippen MR) is 151 cm³/mol. The van der Waals surface area contributed by atoms with Gasteiger partial charge in [0.05, 0.1) is 17.1 Å². The number of anilines is 3. The van der Waals surface area contributed by atoms with E-state index in [0.29, 0.717) is 48.0 Å². The molecule has 12 heteroatoms. The number of carbonyl (C=O) groups is 1. The maximum absolute atomic E-state index is 13.1. The minimum Gasteiger partial charge on any atom is -0.456 e. The van der Waals surface area contributed by atoms with Crippen LogP contribution in [0, 0.1) is 0 Å². The van der Waals surface area contributed by atoms with Gasteiger partial charge < -0.3 is 25.6 Å². The number of aromatic nitrogens is 2. The van der Waals surface area contributed by atoms with Gasteiger partial charge in [-0.05, 0) is 68.4 Å². The van der Waals surface area contributed by atoms with Crippen LogP contribution < -0.4 is 25.7 Å². The number of hydrogen-bond acceptors (Lipinski definition) is 6. The molecule has 0 aliphatic carbocycles. The van der Waals surface area contributed by atoms with Crippen LogP contribution in [-0.2, 0) is 11.0 Å². The Morgan fingerprint density at radius 2 is 1.98 bits per heavy atom. The van der Waals surface area contributed by atoms with Gasteiger partial charge in [-0.15, -0.1) is 0 Å². The summed E-state index contributed by atoms with van der Waals surface area (Å²) >= 11 is 6.42. The molecule has 0 bridgehead atoms. The number of amides is 1. The highest BCUT2D eigenvalue weighted by Crippen LogP contribution is 2.36. The van der Waals surface area contributed by atoms with Crippen LogP contribution in [0.4, 0.5) is 30.5 Å². The number of hydrogen-bond donors (Lipinski definition) is 3. The van der Waals surface area contributed by atoms with Crippen LogP contribution in [0.5, 0.6) is 11.5 Å². The Labute approximate surface area is 241 Å². The van der Waals surface area contributed by atoms with E-state index >= 15 is 0 Å². The molecule has 1 amide bonds. The summed E-state index contributed by atoms with van der Waals surface area (Å²) < 4.78 is 44.8. The van der Waals surface area contributed by atoms with Crippen LogP contribution >= 0.6 is 11.6 Å². The number of aromatic amines is 1. The van der Waals surface area contributed by atoms with E-state index in [1.165, 1.54) is 31.4 Å². The van der Waals surface area contributed by atoms with Crippen LogP contribution in [0.15, 0.2) is 54.4 Å². The van der Waals surface area contributed by atoms with Gasteiger partial charge in [0.2, 0.25) is 23.9 Å². The zero-order valence-corrected chi connectivity index (χ0v) is 23.0. The molecule has 1 fully saturated rings. The zero-order valence-electron chi connectivity index (χ0n) is 22.3. The maximum Gasteiger partial charge on any atom is 0.416 e. The topological polar surface area (TPSA) is 92.7 Å². The summed E-state index contributed by atoms with van der Waals surface area (Å²) in [5, 5.41) is 9.78. The minimum atomic E-state index is -4.48. The summed E-state index contributed by atoms with van der Waals surface area (Å²) in [6.45, 7) is 4.16. The van der Waals surface area contributed by atoms with E-state index in [4.69, 9.17) is 16.3 Å². The van der Waals surface area contributed by atoms with Crippen molar-refractivity contribution in [3.63, 3.8) is 0 Å². The largest absolute Gasteiger partial charge is 0.456 e. The smallest absolute Gasteiger partial charge is 0.416 e. The van der Waals surface area contributed by atoms with Crippen molar-refractivity contribution in [2.75, 3.05) is 43.4 Å². The van der Waals surface area contributed by atoms with Gasteiger partial charge in [-0.1, -0.05) is 29.1 Å². The van der Waals surface area contributed by atoms with Crippen molar-refractivity contribution in [1.29, 1.82) is 0 Å². The fraction of sp³-hybridized carbons (Fsp3) is 0.345. The molecule has 3 heterocycles. The number of rotatable bonds is 8. The van der Waals surface area contributed by atoms with Crippen LogP contribution in [0.25, 0.3) is 6.08 Å². The molecule has 3 aromatic rings. The fourth-order valence-electron chi connectivity index (χ4n) is 4.85. The molecule has 0 saturated carbocycles. The van der Waals surface area contributed by atoms with Crippen LogP contribution in [0.1, 0.15) is 36.8 Å². The van der Waals surface area contributed by atoms with Gasteiger partial charge >= 0.3 is 6.18 Å². The number of likely N-dealkylation sites (tertiary alicyclic amines) is 1. The summed E-state index contributed by atoms with van der Waals surface area (Å²) in [7, 11) is 0. The zero-order chi connectivity index (χ0) is 28.8. The molecule has 2 aliphatic heterocycles. The molecule has 0 unspecified atom stereocenters. The monoisotopic (exact) mass is 587 g/mol. The molecule has 0 spiro atoms. The molecule has 8 nitrogen and oxygen atoms in total. The third kappa shape index (κ3) is 7.47. The Balaban J connectivity index is 1.28. The lowest BCUT2D eigenvalue weighted by atomic mass is 10.1. The van der Waals surface area contributed by atoms with Crippen molar-refractivity contribution in [2.24, 2.45) is 0 Å². The number of H-pyrrole nitrogens is 1. The number of halogens is 4. The first-order valence-corrected chi connectivity index (χ1v) is 13.9. The van der Waals surface area contributed by atoms with Gasteiger partial charge in [0.15, 0.2) is 0 Å². The summed E-state index contributed by atoms with van der Waals surface area (Å²) in [4.78, 5) is 22.9. The first-order valence-electron chi connectivity index (χ1n) is 13.5. The van der Waals surface area contributed by atoms with E-state index in [1.54, 1.807) is 24.5 Å². The highest BCUT2D eigenvalue weighted by molar-refractivity contribution is 6.32. The van der Waals surface area contributed by atoms with Gasteiger partial charge in [0.25, 0.3) is 0 Å². The number of fused-ring (bicyclic) bond motifs is 1. The predicted octanol–water partition coefficient (Wildman–Crippen LogP) is 5.90. The third-order valence-electron chi connectivity index (χ3n) is 6.98. The van der Waals surface area contributed by atoms with Crippen LogP contribution in [0.3, 0.4) is 0 Å². The Bertz CT molecular complexity index is 1430. The van der Waals surface area contributed by atoms with Crippen molar-refractivity contribution in [1.82, 2.24) is 15.2 Å². The second-order valence-electron chi connectivity index (χ2n) is 9.94. The first-order chi connectivity index (χ1) is 19.8. The summed E-state index contributed by atoms with van der Waals surface area (Å²) in [6.07, 6.45) is 3.11. The van der Waals surface area contributed by atoms with E-state index in [9.17, 15) is 18.0 Å². The van der Waals surface area contributed by atoms with Crippen molar-refractivity contribution >= 4 is 40.9 Å². The summed E-state index contributed by atoms with van der Waals surface area (Å²) in [5.41, 5.74) is 1.10. The molecule has 216 valence electrons. The standard InChI is InChI=1S/C29H30ClF3N6O2/c30-24-17-21(7-8-25(24)41-22-6-4-5-20(16-22)29(31,32)33)38-27-23-15-19(9-10-34-26(23)36-18-37-27)28(40)35-11-14-39-12-2-1-3-13-39/h4-8,15-18H,1-3,9-14H2,(H,35,40)(H2,34,36,37,38)/p+1. The maximum atomic E-state index is 13.1. The van der Waals surface area contributed by atoms with E-state index < -0.39 is 11.7 Å². The molecular formula is C29H31ClF3N6O2+. The summed E-state index contributed by atoms with van der Waals surface area (Å²) in [6, 6.07) is 9.44. The molecule has 1 aromatic heterocycles. The van der Waals surface area contributed by atoms with Gasteiger partial charge in [0.1, 0.15) is 17.1 Å². The number of carbonyl (C=O) groups excluding carboxylic acids is 1.